The maximum absolute atomic E-state index is 5.36. The van der Waals surface area contributed by atoms with Gasteiger partial charge in [-0.05, 0) is 29.1 Å². The summed E-state index contributed by atoms with van der Waals surface area (Å²) in [6.45, 7) is 1.62. The van der Waals surface area contributed by atoms with Crippen LogP contribution in [-0.2, 0) is 13.1 Å². The maximum atomic E-state index is 5.36. The molecular weight excluding hydrogens is 260 g/mol. The maximum Gasteiger partial charge on any atom is 0.123 e. The van der Waals surface area contributed by atoms with E-state index in [9.17, 15) is 0 Å². The number of nitrogens with one attached hydrogen (secondary N) is 1. The molecule has 106 valence electrons. The number of pyridine rings is 1. The molecule has 0 spiro atoms. The lowest BCUT2D eigenvalue weighted by Crippen LogP contribution is -2.13. The average molecular weight is 278 g/mol. The van der Waals surface area contributed by atoms with E-state index in [-0.39, 0.29) is 0 Å². The van der Waals surface area contributed by atoms with Crippen molar-refractivity contribution in [3.63, 3.8) is 0 Å². The molecular formula is C18H18N2O. The Kier molecular flexibility index (Phi) is 4.12. The summed E-state index contributed by atoms with van der Waals surface area (Å²) in [5.74, 6) is 0.926. The van der Waals surface area contributed by atoms with Gasteiger partial charge in [-0.15, -0.1) is 0 Å². The van der Waals surface area contributed by atoms with E-state index in [1.807, 2.05) is 36.7 Å². The summed E-state index contributed by atoms with van der Waals surface area (Å²) in [5.41, 5.74) is 2.44. The average Bonchev–Trinajstić information content (AvgIpc) is 2.55. The van der Waals surface area contributed by atoms with Crippen molar-refractivity contribution in [2.24, 2.45) is 0 Å². The number of nitrogens with zero attached hydrogens (tertiary/aromatic N) is 1. The molecule has 0 aliphatic rings. The van der Waals surface area contributed by atoms with Gasteiger partial charge in [0.15, 0.2) is 0 Å². The Hall–Kier alpha value is -2.39. The molecule has 0 unspecified atom stereocenters. The molecule has 2 aromatic carbocycles. The van der Waals surface area contributed by atoms with Crippen molar-refractivity contribution >= 4 is 10.8 Å². The number of aromatic nitrogens is 1. The Morgan fingerprint density at radius 3 is 2.81 bits per heavy atom. The van der Waals surface area contributed by atoms with Gasteiger partial charge in [-0.25, -0.2) is 0 Å². The predicted molar refractivity (Wildman–Crippen MR) is 85.3 cm³/mol. The van der Waals surface area contributed by atoms with Crippen LogP contribution in [0.25, 0.3) is 10.8 Å². The van der Waals surface area contributed by atoms with E-state index < -0.39 is 0 Å². The highest BCUT2D eigenvalue weighted by atomic mass is 16.5. The zero-order chi connectivity index (χ0) is 14.5. The first-order valence-electron chi connectivity index (χ1n) is 7.02. The lowest BCUT2D eigenvalue weighted by atomic mass is 10.1. The fourth-order valence-electron chi connectivity index (χ4n) is 2.43. The van der Waals surface area contributed by atoms with Crippen molar-refractivity contribution in [1.29, 1.82) is 0 Å². The van der Waals surface area contributed by atoms with E-state index in [1.165, 1.54) is 21.9 Å². The number of para-hydroxylation sites is 1. The number of methoxy groups -OCH3 is 1. The van der Waals surface area contributed by atoms with E-state index in [0.717, 1.165) is 18.8 Å². The fourth-order valence-corrected chi connectivity index (χ4v) is 2.43. The van der Waals surface area contributed by atoms with Crippen molar-refractivity contribution in [2.75, 3.05) is 7.11 Å². The summed E-state index contributed by atoms with van der Waals surface area (Å²) in [6.07, 6.45) is 3.72. The molecule has 0 aliphatic carbocycles. The normalized spacial score (nSPS) is 10.7. The Balaban J connectivity index is 1.66. The molecule has 21 heavy (non-hydrogen) atoms. The summed E-state index contributed by atoms with van der Waals surface area (Å²) in [6, 6.07) is 16.6. The Morgan fingerprint density at radius 2 is 1.90 bits per heavy atom. The summed E-state index contributed by atoms with van der Waals surface area (Å²) in [7, 11) is 1.70. The summed E-state index contributed by atoms with van der Waals surface area (Å²) in [5, 5.41) is 5.86. The van der Waals surface area contributed by atoms with Gasteiger partial charge < -0.3 is 10.1 Å². The van der Waals surface area contributed by atoms with Crippen LogP contribution < -0.4 is 10.1 Å². The second kappa shape index (κ2) is 6.37. The molecule has 0 saturated carbocycles. The minimum atomic E-state index is 0.790. The van der Waals surface area contributed by atoms with E-state index in [4.69, 9.17) is 4.74 Å². The van der Waals surface area contributed by atoms with Crippen LogP contribution >= 0.6 is 0 Å². The molecule has 0 amide bonds. The van der Waals surface area contributed by atoms with Crippen molar-refractivity contribution in [1.82, 2.24) is 10.3 Å². The molecule has 3 rings (SSSR count). The van der Waals surface area contributed by atoms with Gasteiger partial charge in [0.1, 0.15) is 5.75 Å². The SMILES string of the molecule is COc1ccccc1CNCc1ccc2cnccc2c1. The number of rotatable bonds is 5. The molecule has 0 saturated heterocycles. The molecule has 1 aromatic heterocycles. The van der Waals surface area contributed by atoms with Crippen molar-refractivity contribution < 1.29 is 4.74 Å². The molecule has 0 atom stereocenters. The van der Waals surface area contributed by atoms with Gasteiger partial charge >= 0.3 is 0 Å². The minimum Gasteiger partial charge on any atom is -0.496 e. The number of fused-ring (bicyclic) bond motifs is 1. The summed E-state index contributed by atoms with van der Waals surface area (Å²) in [4.78, 5) is 4.13. The predicted octanol–water partition coefficient (Wildman–Crippen LogP) is 3.53. The lowest BCUT2D eigenvalue weighted by molar-refractivity contribution is 0.407. The fraction of sp³-hybridized carbons (Fsp3) is 0.167. The third-order valence-electron chi connectivity index (χ3n) is 3.54. The lowest BCUT2D eigenvalue weighted by Gasteiger charge is -2.10. The van der Waals surface area contributed by atoms with Crippen molar-refractivity contribution in [3.8, 4) is 5.75 Å². The molecule has 0 radical (unpaired) electrons. The van der Waals surface area contributed by atoms with Crippen LogP contribution in [0, 0.1) is 0 Å². The molecule has 0 fully saturated rings. The zero-order valence-electron chi connectivity index (χ0n) is 12.0. The topological polar surface area (TPSA) is 34.1 Å². The quantitative estimate of drug-likeness (QED) is 0.775. The first-order chi connectivity index (χ1) is 10.4. The van der Waals surface area contributed by atoms with Gasteiger partial charge in [-0.1, -0.05) is 30.3 Å². The van der Waals surface area contributed by atoms with Crippen LogP contribution in [0.15, 0.2) is 60.9 Å². The molecule has 3 nitrogen and oxygen atoms in total. The summed E-state index contributed by atoms with van der Waals surface area (Å²) < 4.78 is 5.36. The summed E-state index contributed by atoms with van der Waals surface area (Å²) >= 11 is 0. The van der Waals surface area contributed by atoms with E-state index in [2.05, 4.69) is 34.6 Å². The number of ether oxygens (including phenoxy) is 1. The van der Waals surface area contributed by atoms with Crippen LogP contribution in [0.3, 0.4) is 0 Å². The molecule has 1 heterocycles. The minimum absolute atomic E-state index is 0.790. The molecule has 0 bridgehead atoms. The standard InChI is InChI=1S/C18H18N2O/c1-21-18-5-3-2-4-17(18)13-20-11-14-6-7-16-12-19-9-8-15(16)10-14/h2-10,12,20H,11,13H2,1H3. The van der Waals surface area contributed by atoms with Crippen LogP contribution in [0.2, 0.25) is 0 Å². The third-order valence-corrected chi connectivity index (χ3v) is 3.54. The Bertz CT molecular complexity index is 740. The van der Waals surface area contributed by atoms with Gasteiger partial charge in [0.2, 0.25) is 0 Å². The zero-order valence-corrected chi connectivity index (χ0v) is 12.0. The monoisotopic (exact) mass is 278 g/mol. The van der Waals surface area contributed by atoms with Gasteiger partial charge in [-0.3, -0.25) is 4.98 Å². The molecule has 1 N–H and O–H groups in total. The van der Waals surface area contributed by atoms with Gasteiger partial charge in [0, 0.05) is 36.4 Å². The van der Waals surface area contributed by atoms with Crippen molar-refractivity contribution in [3.05, 3.63) is 72.1 Å². The first-order valence-corrected chi connectivity index (χ1v) is 7.02. The number of hydrogen-bond donors (Lipinski definition) is 1. The van der Waals surface area contributed by atoms with Gasteiger partial charge in [0.25, 0.3) is 0 Å². The third kappa shape index (κ3) is 3.20. The van der Waals surface area contributed by atoms with E-state index in [0.29, 0.717) is 0 Å². The second-order valence-corrected chi connectivity index (χ2v) is 4.97. The van der Waals surface area contributed by atoms with Crippen molar-refractivity contribution in [2.45, 2.75) is 13.1 Å². The highest BCUT2D eigenvalue weighted by Gasteiger charge is 2.01. The Morgan fingerprint density at radius 1 is 1.00 bits per heavy atom. The first kappa shape index (κ1) is 13.6. The number of hydrogen-bond acceptors (Lipinski definition) is 3. The second-order valence-electron chi connectivity index (χ2n) is 4.97. The molecule has 3 heteroatoms. The number of benzene rings is 2. The molecule has 3 aromatic rings. The van der Waals surface area contributed by atoms with Gasteiger partial charge in [-0.2, -0.15) is 0 Å². The molecule has 0 aliphatic heterocycles. The van der Waals surface area contributed by atoms with Crippen LogP contribution in [0.4, 0.5) is 0 Å². The van der Waals surface area contributed by atoms with Crippen LogP contribution in [0.5, 0.6) is 5.75 Å². The van der Waals surface area contributed by atoms with Crippen LogP contribution in [0.1, 0.15) is 11.1 Å². The van der Waals surface area contributed by atoms with Gasteiger partial charge in [0.05, 0.1) is 7.11 Å². The van der Waals surface area contributed by atoms with E-state index >= 15 is 0 Å². The Labute approximate surface area is 124 Å². The highest BCUT2D eigenvalue weighted by Crippen LogP contribution is 2.17. The van der Waals surface area contributed by atoms with Crippen LogP contribution in [-0.4, -0.2) is 12.1 Å². The van der Waals surface area contributed by atoms with E-state index in [1.54, 1.807) is 7.11 Å². The highest BCUT2D eigenvalue weighted by molar-refractivity contribution is 5.81. The smallest absolute Gasteiger partial charge is 0.123 e. The largest absolute Gasteiger partial charge is 0.496 e.